The van der Waals surface area contributed by atoms with E-state index in [1.807, 2.05) is 53.2 Å². The van der Waals surface area contributed by atoms with Crippen LogP contribution in [-0.2, 0) is 19.6 Å². The van der Waals surface area contributed by atoms with Crippen molar-refractivity contribution in [2.45, 2.75) is 19.6 Å². The molecule has 0 aliphatic heterocycles. The molecule has 0 aliphatic rings. The van der Waals surface area contributed by atoms with Gasteiger partial charge in [0.1, 0.15) is 17.3 Å². The lowest BCUT2D eigenvalue weighted by Crippen LogP contribution is -2.35. The molecule has 0 radical (unpaired) electrons. The highest BCUT2D eigenvalue weighted by molar-refractivity contribution is 5.90. The zero-order chi connectivity index (χ0) is 21.5. The average molecular weight is 416 g/mol. The summed E-state index contributed by atoms with van der Waals surface area (Å²) in [5.41, 5.74) is 1.77. The van der Waals surface area contributed by atoms with E-state index in [0.717, 1.165) is 11.4 Å². The van der Waals surface area contributed by atoms with Gasteiger partial charge >= 0.3 is 6.03 Å². The lowest BCUT2D eigenvalue weighted by Gasteiger charge is -2.23. The minimum Gasteiger partial charge on any atom is -0.495 e. The molecule has 0 unspecified atom stereocenters. The molecule has 2 heterocycles. The van der Waals surface area contributed by atoms with Crippen molar-refractivity contribution < 1.29 is 13.9 Å². The van der Waals surface area contributed by atoms with E-state index >= 15 is 0 Å². The second-order valence-corrected chi connectivity index (χ2v) is 7.02. The van der Waals surface area contributed by atoms with Crippen LogP contribution in [-0.4, -0.2) is 27.6 Å². The fourth-order valence-electron chi connectivity index (χ4n) is 3.32. The number of benzene rings is 2. The monoisotopic (exact) mass is 416 g/mol. The molecule has 7 heteroatoms. The van der Waals surface area contributed by atoms with E-state index in [4.69, 9.17) is 9.15 Å². The fourth-order valence-corrected chi connectivity index (χ4v) is 3.32. The predicted octanol–water partition coefficient (Wildman–Crippen LogP) is 4.77. The number of amides is 2. The molecule has 158 valence electrons. The molecule has 7 nitrogen and oxygen atoms in total. The van der Waals surface area contributed by atoms with Gasteiger partial charge in [-0.25, -0.2) is 9.78 Å². The fraction of sp³-hybridized carbons (Fsp3) is 0.167. The van der Waals surface area contributed by atoms with Crippen LogP contribution in [0.3, 0.4) is 0 Å². The summed E-state index contributed by atoms with van der Waals surface area (Å²) in [6.45, 7) is 1.31. The van der Waals surface area contributed by atoms with Crippen molar-refractivity contribution in [3.05, 3.63) is 103 Å². The second-order valence-electron chi connectivity index (χ2n) is 7.02. The quantitative estimate of drug-likeness (QED) is 0.449. The topological polar surface area (TPSA) is 72.5 Å². The molecule has 0 saturated heterocycles. The summed E-state index contributed by atoms with van der Waals surface area (Å²) in [7, 11) is 1.58. The van der Waals surface area contributed by atoms with Crippen LogP contribution in [0.1, 0.15) is 17.1 Å². The highest BCUT2D eigenvalue weighted by Crippen LogP contribution is 2.24. The molecule has 2 aromatic carbocycles. The third-order valence-corrected chi connectivity index (χ3v) is 4.89. The molecule has 31 heavy (non-hydrogen) atoms. The number of urea groups is 1. The third kappa shape index (κ3) is 5.14. The first-order valence-electron chi connectivity index (χ1n) is 9.98. The number of aromatic nitrogens is 2. The van der Waals surface area contributed by atoms with Crippen molar-refractivity contribution in [2.75, 3.05) is 12.4 Å². The second kappa shape index (κ2) is 9.67. The highest BCUT2D eigenvalue weighted by atomic mass is 16.5. The molecule has 2 aromatic heterocycles. The van der Waals surface area contributed by atoms with Crippen molar-refractivity contribution in [3.63, 3.8) is 0 Å². The van der Waals surface area contributed by atoms with Gasteiger partial charge in [0.2, 0.25) is 0 Å². The Morgan fingerprint density at radius 3 is 2.65 bits per heavy atom. The minimum atomic E-state index is -0.268. The number of nitrogens with one attached hydrogen (secondary N) is 1. The number of imidazole rings is 1. The summed E-state index contributed by atoms with van der Waals surface area (Å²) in [4.78, 5) is 19.3. The van der Waals surface area contributed by atoms with Crippen molar-refractivity contribution in [1.29, 1.82) is 0 Å². The van der Waals surface area contributed by atoms with Crippen LogP contribution in [0.5, 0.6) is 5.75 Å². The Morgan fingerprint density at radius 2 is 1.87 bits per heavy atom. The third-order valence-electron chi connectivity index (χ3n) is 4.89. The van der Waals surface area contributed by atoms with Crippen molar-refractivity contribution >= 4 is 11.7 Å². The molecule has 1 N–H and O–H groups in total. The number of carbonyl (C=O) groups is 1. The van der Waals surface area contributed by atoms with Gasteiger partial charge in [0.25, 0.3) is 0 Å². The zero-order valence-electron chi connectivity index (χ0n) is 17.3. The molecule has 0 aliphatic carbocycles. The molecule has 2 amide bonds. The van der Waals surface area contributed by atoms with Crippen LogP contribution in [0.25, 0.3) is 0 Å². The number of hydrogen-bond acceptors (Lipinski definition) is 4. The average Bonchev–Trinajstić information content (AvgIpc) is 3.47. The predicted molar refractivity (Wildman–Crippen MR) is 118 cm³/mol. The van der Waals surface area contributed by atoms with Crippen LogP contribution in [0.2, 0.25) is 0 Å². The zero-order valence-corrected chi connectivity index (χ0v) is 17.3. The van der Waals surface area contributed by atoms with Crippen molar-refractivity contribution in [2.24, 2.45) is 0 Å². The number of para-hydroxylation sites is 2. The SMILES string of the molecule is COc1ccccc1NC(=O)N(Cc1ccco1)Cc1nccn1Cc1ccccc1. The first-order chi connectivity index (χ1) is 15.2. The van der Waals surface area contributed by atoms with Gasteiger partial charge in [-0.2, -0.15) is 0 Å². The lowest BCUT2D eigenvalue weighted by molar-refractivity contribution is 0.198. The van der Waals surface area contributed by atoms with Gasteiger partial charge in [-0.15, -0.1) is 0 Å². The van der Waals surface area contributed by atoms with E-state index in [1.54, 1.807) is 36.6 Å². The van der Waals surface area contributed by atoms with Crippen LogP contribution in [0, 0.1) is 0 Å². The maximum Gasteiger partial charge on any atom is 0.322 e. The number of nitrogens with zero attached hydrogens (tertiary/aromatic N) is 3. The van der Waals surface area contributed by atoms with Gasteiger partial charge in [0.05, 0.1) is 32.1 Å². The molecular weight excluding hydrogens is 392 g/mol. The Balaban J connectivity index is 1.55. The van der Waals surface area contributed by atoms with Crippen molar-refractivity contribution in [3.8, 4) is 5.75 Å². The Morgan fingerprint density at radius 1 is 1.06 bits per heavy atom. The minimum absolute atomic E-state index is 0.268. The van der Waals surface area contributed by atoms with E-state index in [2.05, 4.69) is 22.4 Å². The van der Waals surface area contributed by atoms with E-state index in [0.29, 0.717) is 36.8 Å². The van der Waals surface area contributed by atoms with Gasteiger partial charge in [0, 0.05) is 18.9 Å². The molecule has 0 bridgehead atoms. The van der Waals surface area contributed by atoms with Gasteiger partial charge in [-0.05, 0) is 29.8 Å². The molecule has 0 spiro atoms. The van der Waals surface area contributed by atoms with Gasteiger partial charge in [0.15, 0.2) is 0 Å². The largest absolute Gasteiger partial charge is 0.495 e. The highest BCUT2D eigenvalue weighted by Gasteiger charge is 2.20. The Hall–Kier alpha value is -4.00. The standard InChI is InChI=1S/C24H24N4O3/c1-30-22-12-6-5-11-21(22)26-24(29)28(17-20-10-7-15-31-20)18-23-25-13-14-27(23)16-19-8-3-2-4-9-19/h2-15H,16-18H2,1H3,(H,26,29). The maximum atomic E-state index is 13.2. The molecule has 0 atom stereocenters. The number of hydrogen-bond donors (Lipinski definition) is 1. The molecule has 4 aromatic rings. The van der Waals surface area contributed by atoms with Crippen LogP contribution < -0.4 is 10.1 Å². The molecule has 0 fully saturated rings. The summed E-state index contributed by atoms with van der Waals surface area (Å²) < 4.78 is 12.9. The van der Waals surface area contributed by atoms with Gasteiger partial charge in [-0.1, -0.05) is 42.5 Å². The van der Waals surface area contributed by atoms with Crippen LogP contribution in [0.4, 0.5) is 10.5 Å². The van der Waals surface area contributed by atoms with Crippen LogP contribution >= 0.6 is 0 Å². The molecular formula is C24H24N4O3. The Kier molecular flexibility index (Phi) is 6.32. The first-order valence-corrected chi connectivity index (χ1v) is 9.98. The smallest absolute Gasteiger partial charge is 0.322 e. The lowest BCUT2D eigenvalue weighted by atomic mass is 10.2. The van der Waals surface area contributed by atoms with Gasteiger partial charge in [-0.3, -0.25) is 0 Å². The molecule has 4 rings (SSSR count). The van der Waals surface area contributed by atoms with Crippen LogP contribution in [0.15, 0.2) is 89.8 Å². The van der Waals surface area contributed by atoms with E-state index in [1.165, 1.54) is 0 Å². The number of furan rings is 1. The van der Waals surface area contributed by atoms with E-state index in [9.17, 15) is 4.79 Å². The summed E-state index contributed by atoms with van der Waals surface area (Å²) in [6.07, 6.45) is 5.27. The first kappa shape index (κ1) is 20.3. The van der Waals surface area contributed by atoms with E-state index < -0.39 is 0 Å². The summed E-state index contributed by atoms with van der Waals surface area (Å²) in [5, 5.41) is 2.94. The molecule has 0 saturated carbocycles. The number of ether oxygens (including phenoxy) is 1. The normalized spacial score (nSPS) is 10.6. The summed E-state index contributed by atoms with van der Waals surface area (Å²) in [5.74, 6) is 2.07. The number of carbonyl (C=O) groups excluding carboxylic acids is 1. The number of rotatable bonds is 8. The number of anilines is 1. The summed E-state index contributed by atoms with van der Waals surface area (Å²) >= 11 is 0. The maximum absolute atomic E-state index is 13.2. The number of methoxy groups -OCH3 is 1. The Labute approximate surface area is 180 Å². The van der Waals surface area contributed by atoms with Gasteiger partial charge < -0.3 is 23.9 Å². The van der Waals surface area contributed by atoms with E-state index in [-0.39, 0.29) is 6.03 Å². The van der Waals surface area contributed by atoms with Crippen molar-refractivity contribution in [1.82, 2.24) is 14.5 Å². The summed E-state index contributed by atoms with van der Waals surface area (Å²) in [6, 6.07) is 20.8. The Bertz CT molecular complexity index is 1110.